The summed E-state index contributed by atoms with van der Waals surface area (Å²) in [5, 5.41) is 101. The molecule has 0 radical (unpaired) electrons. The second-order valence-electron chi connectivity index (χ2n) is 10.8. The first-order valence-electron chi connectivity index (χ1n) is 14.0. The summed E-state index contributed by atoms with van der Waals surface area (Å²) in [5.74, 6) is 0. The molecule has 16 heteroatoms. The highest BCUT2D eigenvalue weighted by Crippen LogP contribution is 2.25. The fourth-order valence-electron chi connectivity index (χ4n) is 4.70. The number of aliphatic hydroxyl groups is 10. The summed E-state index contributed by atoms with van der Waals surface area (Å²) in [7, 11) is 1.89. The Labute approximate surface area is 239 Å². The molecule has 0 amide bonds. The van der Waals surface area contributed by atoms with Gasteiger partial charge >= 0.3 is 0 Å². The maximum atomic E-state index is 10.3. The van der Waals surface area contributed by atoms with E-state index in [1.807, 2.05) is 11.9 Å². The van der Waals surface area contributed by atoms with Gasteiger partial charge in [-0.2, -0.15) is 0 Å². The Bertz CT molecular complexity index is 711. The maximum absolute atomic E-state index is 10.3. The number of nitrogens with zero attached hydrogens (tertiary/aromatic N) is 1. The molecule has 0 aromatic heterocycles. The summed E-state index contributed by atoms with van der Waals surface area (Å²) >= 11 is 0. The molecular formula is C25H50N2O14. The largest absolute Gasteiger partial charge is 0.394 e. The van der Waals surface area contributed by atoms with Crippen molar-refractivity contribution < 1.29 is 70.0 Å². The summed E-state index contributed by atoms with van der Waals surface area (Å²) < 4.78 is 21.6. The van der Waals surface area contributed by atoms with Gasteiger partial charge in [0.15, 0.2) is 6.29 Å². The number of unbranched alkanes of at least 4 members (excludes halogenated alkanes) is 2. The smallest absolute Gasteiger partial charge is 0.186 e. The van der Waals surface area contributed by atoms with Crippen molar-refractivity contribution in [2.45, 2.75) is 105 Å². The van der Waals surface area contributed by atoms with Crippen molar-refractivity contribution >= 4 is 0 Å². The van der Waals surface area contributed by atoms with E-state index in [1.165, 1.54) is 0 Å². The van der Waals surface area contributed by atoms with Crippen LogP contribution in [-0.4, -0.2) is 189 Å². The van der Waals surface area contributed by atoms with Crippen LogP contribution in [0.1, 0.15) is 25.7 Å². The lowest BCUT2D eigenvalue weighted by Gasteiger charge is -2.43. The molecular weight excluding hydrogens is 552 g/mol. The van der Waals surface area contributed by atoms with Crippen LogP contribution in [0.4, 0.5) is 0 Å². The van der Waals surface area contributed by atoms with E-state index < -0.39 is 99.4 Å². The quantitative estimate of drug-likeness (QED) is 0.0652. The Morgan fingerprint density at radius 1 is 0.732 bits per heavy atom. The van der Waals surface area contributed by atoms with Crippen LogP contribution in [0.5, 0.6) is 0 Å². The first kappa shape index (κ1) is 36.6. The molecule has 2 heterocycles. The zero-order valence-corrected chi connectivity index (χ0v) is 23.4. The lowest BCUT2D eigenvalue weighted by atomic mass is 9.95. The van der Waals surface area contributed by atoms with Crippen molar-refractivity contribution in [3.8, 4) is 0 Å². The highest BCUT2D eigenvalue weighted by molar-refractivity contribution is 4.93. The van der Waals surface area contributed by atoms with E-state index in [9.17, 15) is 51.1 Å². The topological polar surface area (TPSA) is 268 Å². The van der Waals surface area contributed by atoms with E-state index >= 15 is 0 Å². The number of aliphatic hydroxyl groups excluding tert-OH is 10. The van der Waals surface area contributed by atoms with Crippen LogP contribution in [0.25, 0.3) is 0 Å². The van der Waals surface area contributed by atoms with E-state index in [0.717, 1.165) is 25.8 Å². The first-order chi connectivity index (χ1) is 19.4. The highest BCUT2D eigenvalue weighted by Gasteiger charge is 2.47. The predicted molar refractivity (Wildman–Crippen MR) is 140 cm³/mol. The van der Waals surface area contributed by atoms with E-state index in [0.29, 0.717) is 13.1 Å². The Morgan fingerprint density at radius 3 is 1.98 bits per heavy atom. The molecule has 0 spiro atoms. The number of rotatable bonds is 18. The summed E-state index contributed by atoms with van der Waals surface area (Å²) in [6.07, 6.45) is -16.0. The normalized spacial score (nSPS) is 36.8. The zero-order chi connectivity index (χ0) is 30.7. The molecule has 0 aromatic rings. The Balaban J connectivity index is 1.79. The van der Waals surface area contributed by atoms with Crippen molar-refractivity contribution in [3.05, 3.63) is 0 Å². The Hall–Kier alpha value is -0.640. The molecule has 2 rings (SSSR count). The highest BCUT2D eigenvalue weighted by atomic mass is 16.7. The van der Waals surface area contributed by atoms with Crippen molar-refractivity contribution in [3.63, 3.8) is 0 Å². The molecule has 0 aromatic carbocycles. The van der Waals surface area contributed by atoms with Crippen molar-refractivity contribution in [1.29, 1.82) is 0 Å². The Morgan fingerprint density at radius 2 is 1.34 bits per heavy atom. The number of hydrogen-bond donors (Lipinski definition) is 11. The zero-order valence-electron chi connectivity index (χ0n) is 23.4. The van der Waals surface area contributed by atoms with Gasteiger partial charge in [-0.25, -0.2) is 0 Å². The van der Waals surface area contributed by atoms with Gasteiger partial charge in [-0.3, -0.25) is 0 Å². The fraction of sp³-hybridized carbons (Fsp3) is 1.00. The SMILES string of the molecule is CN(CCCCCN)CC[C@@H](O)[C@H](O)[C@H](O)COC[C@@H]1O[C@H](CO[C@@H]2O[C@H](CO)[C@@H](O)[C@H](O)[C@H]2O)[C@@H](O)[C@H](O)[C@H]1O. The average Bonchev–Trinajstić information content (AvgIpc) is 2.96. The monoisotopic (exact) mass is 602 g/mol. The minimum Gasteiger partial charge on any atom is -0.394 e. The van der Waals surface area contributed by atoms with Gasteiger partial charge in [-0.15, -0.1) is 0 Å². The number of ether oxygens (including phenoxy) is 4. The third-order valence-corrected chi connectivity index (χ3v) is 7.49. The van der Waals surface area contributed by atoms with Gasteiger partial charge in [0, 0.05) is 6.54 Å². The summed E-state index contributed by atoms with van der Waals surface area (Å²) in [6.45, 7) is 0.0124. The van der Waals surface area contributed by atoms with E-state index in [4.69, 9.17) is 24.7 Å². The molecule has 0 saturated carbocycles. The standard InChI is InChI=1S/C25H50N2O14/c1-27(7-4-2-3-6-26)8-5-13(29)18(31)14(30)10-38-11-16-20(33)22(35)21(34)17(40-16)12-39-25-24(37)23(36)19(32)15(9-28)41-25/h13-25,28-37H,2-12,26H2,1H3/t13-,14-,15-,16+,17-,18+,19-,20+,21-,22-,23+,24-,25-/m1/s1. The summed E-state index contributed by atoms with van der Waals surface area (Å²) in [6, 6.07) is 0. The minimum absolute atomic E-state index is 0.219. The molecule has 0 unspecified atom stereocenters. The lowest BCUT2D eigenvalue weighted by molar-refractivity contribution is -0.315. The number of nitrogens with two attached hydrogens (primary N) is 1. The molecule has 244 valence electrons. The van der Waals surface area contributed by atoms with Crippen LogP contribution in [0.2, 0.25) is 0 Å². The molecule has 41 heavy (non-hydrogen) atoms. The molecule has 0 aliphatic carbocycles. The maximum Gasteiger partial charge on any atom is 0.186 e. The van der Waals surface area contributed by atoms with Gasteiger partial charge in [0.05, 0.1) is 32.5 Å². The van der Waals surface area contributed by atoms with Crippen molar-refractivity contribution in [1.82, 2.24) is 4.90 Å². The molecule has 13 atom stereocenters. The van der Waals surface area contributed by atoms with E-state index in [1.54, 1.807) is 0 Å². The molecule has 2 fully saturated rings. The first-order valence-corrected chi connectivity index (χ1v) is 14.0. The van der Waals surface area contributed by atoms with Crippen LogP contribution in [0.15, 0.2) is 0 Å². The van der Waals surface area contributed by atoms with Gasteiger partial charge in [0.1, 0.15) is 67.1 Å². The van der Waals surface area contributed by atoms with E-state index in [2.05, 4.69) is 0 Å². The van der Waals surface area contributed by atoms with E-state index in [-0.39, 0.29) is 13.0 Å². The van der Waals surface area contributed by atoms with Gasteiger partial charge in [0.25, 0.3) is 0 Å². The van der Waals surface area contributed by atoms with Crippen LogP contribution < -0.4 is 5.73 Å². The summed E-state index contributed by atoms with van der Waals surface area (Å²) in [5.41, 5.74) is 5.48. The second kappa shape index (κ2) is 18.2. The van der Waals surface area contributed by atoms with Crippen LogP contribution >= 0.6 is 0 Å². The molecule has 2 saturated heterocycles. The molecule has 2 aliphatic rings. The summed E-state index contributed by atoms with van der Waals surface area (Å²) in [4.78, 5) is 2.01. The molecule has 16 nitrogen and oxygen atoms in total. The third kappa shape index (κ3) is 10.8. The van der Waals surface area contributed by atoms with Crippen molar-refractivity contribution in [2.75, 3.05) is 53.1 Å². The second-order valence-corrected chi connectivity index (χ2v) is 10.8. The number of hydrogen-bond acceptors (Lipinski definition) is 16. The minimum atomic E-state index is -1.69. The fourth-order valence-corrected chi connectivity index (χ4v) is 4.70. The predicted octanol–water partition coefficient (Wildman–Crippen LogP) is -5.80. The van der Waals surface area contributed by atoms with Crippen LogP contribution in [-0.2, 0) is 18.9 Å². The van der Waals surface area contributed by atoms with Gasteiger partial charge < -0.3 is 80.6 Å². The third-order valence-electron chi connectivity index (χ3n) is 7.49. The molecule has 0 bridgehead atoms. The Kier molecular flexibility index (Phi) is 16.3. The average molecular weight is 603 g/mol. The van der Waals surface area contributed by atoms with Crippen LogP contribution in [0.3, 0.4) is 0 Å². The van der Waals surface area contributed by atoms with Gasteiger partial charge in [-0.1, -0.05) is 6.42 Å². The molecule has 2 aliphatic heterocycles. The lowest BCUT2D eigenvalue weighted by Crippen LogP contribution is -2.62. The molecule has 12 N–H and O–H groups in total. The van der Waals surface area contributed by atoms with Crippen molar-refractivity contribution in [2.24, 2.45) is 5.73 Å². The van der Waals surface area contributed by atoms with Gasteiger partial charge in [-0.05, 0) is 39.4 Å². The van der Waals surface area contributed by atoms with Gasteiger partial charge in [0.2, 0.25) is 0 Å². The van der Waals surface area contributed by atoms with Crippen LogP contribution in [0, 0.1) is 0 Å².